The van der Waals surface area contributed by atoms with Crippen molar-refractivity contribution in [2.24, 2.45) is 0 Å². The molecular weight excluding hydrogens is 487 g/mol. The molecule has 7 heteroatoms. The lowest BCUT2D eigenvalue weighted by Crippen LogP contribution is -2.39. The van der Waals surface area contributed by atoms with Crippen LogP contribution in [0.15, 0.2) is 78.9 Å². The van der Waals surface area contributed by atoms with Crippen molar-refractivity contribution in [3.63, 3.8) is 0 Å². The zero-order chi connectivity index (χ0) is 26.0. The van der Waals surface area contributed by atoms with Crippen LogP contribution in [0, 0.1) is 12.7 Å². The SMILES string of the molecule is CCOC(=O)C(Cc1ccc(OCCc2nc(-c3ccccc3)sc2C)cc1)NCc1ccc(F)cc1. The summed E-state index contributed by atoms with van der Waals surface area (Å²) in [5.41, 5.74) is 4.07. The number of carbonyl (C=O) groups excluding carboxylic acids is 1. The van der Waals surface area contributed by atoms with E-state index in [1.807, 2.05) is 42.5 Å². The third-order valence-corrected chi connectivity index (χ3v) is 6.98. The number of ether oxygens (including phenoxy) is 2. The van der Waals surface area contributed by atoms with Gasteiger partial charge in [-0.3, -0.25) is 4.79 Å². The van der Waals surface area contributed by atoms with Crippen LogP contribution in [-0.4, -0.2) is 30.2 Å². The van der Waals surface area contributed by atoms with Gasteiger partial charge in [-0.25, -0.2) is 9.37 Å². The van der Waals surface area contributed by atoms with Crippen molar-refractivity contribution in [2.45, 2.75) is 39.3 Å². The van der Waals surface area contributed by atoms with Crippen LogP contribution in [0.2, 0.25) is 0 Å². The van der Waals surface area contributed by atoms with Gasteiger partial charge in [0.05, 0.1) is 18.9 Å². The van der Waals surface area contributed by atoms with E-state index < -0.39 is 6.04 Å². The van der Waals surface area contributed by atoms with Crippen molar-refractivity contribution in [2.75, 3.05) is 13.2 Å². The second-order valence-corrected chi connectivity index (χ2v) is 9.85. The number of hydrogen-bond acceptors (Lipinski definition) is 6. The first-order valence-corrected chi connectivity index (χ1v) is 13.2. The number of rotatable bonds is 12. The van der Waals surface area contributed by atoms with Crippen LogP contribution in [0.25, 0.3) is 10.6 Å². The maximum absolute atomic E-state index is 13.2. The van der Waals surface area contributed by atoms with E-state index in [4.69, 9.17) is 14.5 Å². The molecule has 0 aliphatic rings. The topological polar surface area (TPSA) is 60.5 Å². The lowest BCUT2D eigenvalue weighted by molar-refractivity contribution is -0.145. The molecule has 3 aromatic carbocycles. The molecule has 5 nitrogen and oxygen atoms in total. The second kappa shape index (κ2) is 13.1. The Morgan fingerprint density at radius 2 is 1.70 bits per heavy atom. The highest BCUT2D eigenvalue weighted by Crippen LogP contribution is 2.27. The van der Waals surface area contributed by atoms with E-state index >= 15 is 0 Å². The highest BCUT2D eigenvalue weighted by atomic mass is 32.1. The van der Waals surface area contributed by atoms with Gasteiger partial charge in [-0.15, -0.1) is 11.3 Å². The number of aromatic nitrogens is 1. The molecule has 4 rings (SSSR count). The Labute approximate surface area is 221 Å². The summed E-state index contributed by atoms with van der Waals surface area (Å²) in [6.45, 7) is 5.16. The Balaban J connectivity index is 1.30. The predicted octanol–water partition coefficient (Wildman–Crippen LogP) is 6.14. The highest BCUT2D eigenvalue weighted by molar-refractivity contribution is 7.15. The fourth-order valence-electron chi connectivity index (χ4n) is 3.91. The van der Waals surface area contributed by atoms with E-state index in [0.29, 0.717) is 26.2 Å². The molecule has 0 aliphatic carbocycles. The predicted molar refractivity (Wildman–Crippen MR) is 145 cm³/mol. The average molecular weight is 519 g/mol. The molecule has 1 atom stereocenters. The minimum Gasteiger partial charge on any atom is -0.493 e. The summed E-state index contributed by atoms with van der Waals surface area (Å²) in [6, 6.07) is 23.7. The third kappa shape index (κ3) is 7.71. The quantitative estimate of drug-likeness (QED) is 0.228. The maximum Gasteiger partial charge on any atom is 0.323 e. The first-order valence-electron chi connectivity index (χ1n) is 12.4. The standard InChI is InChI=1S/C30H31FN2O3S/c1-3-35-30(34)28(32-20-23-9-13-25(31)14-10-23)19-22-11-15-26(16-12-22)36-18-17-27-21(2)37-29(33-27)24-7-5-4-6-8-24/h4-16,28,32H,3,17-20H2,1-2H3. The Bertz CT molecular complexity index is 1270. The molecule has 37 heavy (non-hydrogen) atoms. The fraction of sp³-hybridized carbons (Fsp3) is 0.267. The average Bonchev–Trinajstić information content (AvgIpc) is 3.29. The van der Waals surface area contributed by atoms with Crippen LogP contribution in [0.3, 0.4) is 0 Å². The third-order valence-electron chi connectivity index (χ3n) is 5.92. The molecule has 1 N–H and O–H groups in total. The van der Waals surface area contributed by atoms with Crippen LogP contribution >= 0.6 is 11.3 Å². The summed E-state index contributed by atoms with van der Waals surface area (Å²) in [7, 11) is 0. The number of thiazole rings is 1. The Morgan fingerprint density at radius 3 is 2.41 bits per heavy atom. The zero-order valence-electron chi connectivity index (χ0n) is 21.1. The molecule has 4 aromatic rings. The van der Waals surface area contributed by atoms with Crippen LogP contribution < -0.4 is 10.1 Å². The van der Waals surface area contributed by atoms with Crippen molar-refractivity contribution < 1.29 is 18.7 Å². The number of esters is 1. The van der Waals surface area contributed by atoms with E-state index in [1.165, 1.54) is 17.0 Å². The Hall–Kier alpha value is -3.55. The largest absolute Gasteiger partial charge is 0.493 e. The molecule has 0 amide bonds. The number of carbonyl (C=O) groups is 1. The van der Waals surface area contributed by atoms with E-state index in [0.717, 1.165) is 39.6 Å². The van der Waals surface area contributed by atoms with Gasteiger partial charge >= 0.3 is 5.97 Å². The maximum atomic E-state index is 13.2. The van der Waals surface area contributed by atoms with E-state index in [2.05, 4.69) is 24.4 Å². The highest BCUT2D eigenvalue weighted by Gasteiger charge is 2.20. The molecule has 1 unspecified atom stereocenters. The minimum absolute atomic E-state index is 0.286. The van der Waals surface area contributed by atoms with Gasteiger partial charge in [0.15, 0.2) is 0 Å². The number of aryl methyl sites for hydroxylation is 1. The van der Waals surface area contributed by atoms with E-state index in [-0.39, 0.29) is 11.8 Å². The molecule has 1 aromatic heterocycles. The van der Waals surface area contributed by atoms with E-state index in [9.17, 15) is 9.18 Å². The molecule has 192 valence electrons. The molecule has 0 aliphatic heterocycles. The molecule has 0 radical (unpaired) electrons. The summed E-state index contributed by atoms with van der Waals surface area (Å²) in [5, 5.41) is 4.27. The lowest BCUT2D eigenvalue weighted by Gasteiger charge is -2.18. The number of hydrogen-bond donors (Lipinski definition) is 1. The van der Waals surface area contributed by atoms with Crippen molar-refractivity contribution in [1.29, 1.82) is 0 Å². The first kappa shape index (κ1) is 26.5. The lowest BCUT2D eigenvalue weighted by atomic mass is 10.1. The first-order chi connectivity index (χ1) is 18.0. The smallest absolute Gasteiger partial charge is 0.323 e. The monoisotopic (exact) mass is 518 g/mol. The van der Waals surface area contributed by atoms with Crippen LogP contribution in [0.1, 0.15) is 28.6 Å². The molecule has 1 heterocycles. The Morgan fingerprint density at radius 1 is 1.00 bits per heavy atom. The molecule has 0 bridgehead atoms. The Kier molecular flexibility index (Phi) is 9.40. The van der Waals surface area contributed by atoms with Gasteiger partial charge < -0.3 is 14.8 Å². The summed E-state index contributed by atoms with van der Waals surface area (Å²) in [6.07, 6.45) is 1.20. The summed E-state index contributed by atoms with van der Waals surface area (Å²) in [5.74, 6) is 0.178. The van der Waals surface area contributed by atoms with Crippen molar-refractivity contribution in [1.82, 2.24) is 10.3 Å². The van der Waals surface area contributed by atoms with Gasteiger partial charge in [0.1, 0.15) is 22.6 Å². The number of benzene rings is 3. The van der Waals surface area contributed by atoms with Crippen molar-refractivity contribution >= 4 is 17.3 Å². The van der Waals surface area contributed by atoms with Crippen molar-refractivity contribution in [3.05, 3.63) is 106 Å². The molecule has 0 fully saturated rings. The normalized spacial score (nSPS) is 11.8. The van der Waals surface area contributed by atoms with Gasteiger partial charge in [-0.2, -0.15) is 0 Å². The van der Waals surface area contributed by atoms with Gasteiger partial charge in [0, 0.05) is 23.4 Å². The summed E-state index contributed by atoms with van der Waals surface area (Å²) < 4.78 is 24.4. The zero-order valence-corrected chi connectivity index (χ0v) is 21.9. The summed E-state index contributed by atoms with van der Waals surface area (Å²) in [4.78, 5) is 18.5. The van der Waals surface area contributed by atoms with Gasteiger partial charge in [-0.05, 0) is 55.7 Å². The molecule has 0 saturated heterocycles. The van der Waals surface area contributed by atoms with Crippen LogP contribution in [-0.2, 0) is 28.9 Å². The van der Waals surface area contributed by atoms with Gasteiger partial charge in [0.2, 0.25) is 0 Å². The van der Waals surface area contributed by atoms with Crippen LogP contribution in [0.4, 0.5) is 4.39 Å². The number of halogens is 1. The summed E-state index contributed by atoms with van der Waals surface area (Å²) >= 11 is 1.70. The van der Waals surface area contributed by atoms with Gasteiger partial charge in [-0.1, -0.05) is 54.6 Å². The van der Waals surface area contributed by atoms with Crippen LogP contribution in [0.5, 0.6) is 5.75 Å². The second-order valence-electron chi connectivity index (χ2n) is 8.65. The fourth-order valence-corrected chi connectivity index (χ4v) is 4.88. The number of nitrogens with one attached hydrogen (secondary N) is 1. The minimum atomic E-state index is -0.511. The molecular formula is C30H31FN2O3S. The van der Waals surface area contributed by atoms with Crippen molar-refractivity contribution in [3.8, 4) is 16.3 Å². The molecule has 0 saturated carbocycles. The molecule has 0 spiro atoms. The van der Waals surface area contributed by atoms with Gasteiger partial charge in [0.25, 0.3) is 0 Å². The van der Waals surface area contributed by atoms with E-state index in [1.54, 1.807) is 30.4 Å². The number of nitrogens with zero attached hydrogens (tertiary/aromatic N) is 1.